The Labute approximate surface area is 185 Å². The van der Waals surface area contributed by atoms with E-state index >= 15 is 0 Å². The number of sulfonamides is 1. The monoisotopic (exact) mass is 445 g/mol. The average molecular weight is 446 g/mol. The van der Waals surface area contributed by atoms with E-state index in [1.807, 2.05) is 43.1 Å². The summed E-state index contributed by atoms with van der Waals surface area (Å²) in [5.41, 5.74) is 1.62. The summed E-state index contributed by atoms with van der Waals surface area (Å²) >= 11 is 0. The van der Waals surface area contributed by atoms with Crippen LogP contribution in [0, 0.1) is 0 Å². The number of piperidine rings is 1. The Kier molecular flexibility index (Phi) is 7.69. The summed E-state index contributed by atoms with van der Waals surface area (Å²) in [6.45, 7) is 3.57. The first kappa shape index (κ1) is 23.2. The molecule has 1 heterocycles. The molecule has 0 spiro atoms. The van der Waals surface area contributed by atoms with Gasteiger partial charge in [0.15, 0.2) is 0 Å². The van der Waals surface area contributed by atoms with Crippen LogP contribution in [0.2, 0.25) is 0 Å². The van der Waals surface area contributed by atoms with Crippen molar-refractivity contribution in [1.82, 2.24) is 9.21 Å². The summed E-state index contributed by atoms with van der Waals surface area (Å²) in [6, 6.07) is 13.8. The molecule has 0 radical (unpaired) electrons. The normalized spacial score (nSPS) is 16.1. The van der Waals surface area contributed by atoms with Gasteiger partial charge in [0, 0.05) is 25.3 Å². The molecule has 1 saturated heterocycles. The molecule has 1 aliphatic heterocycles. The Hall–Kier alpha value is -2.42. The fourth-order valence-electron chi connectivity index (χ4n) is 3.61. The van der Waals surface area contributed by atoms with Crippen molar-refractivity contribution in [3.8, 4) is 5.75 Å². The van der Waals surface area contributed by atoms with Gasteiger partial charge in [0.1, 0.15) is 5.75 Å². The molecule has 1 unspecified atom stereocenters. The van der Waals surface area contributed by atoms with Crippen molar-refractivity contribution in [3.63, 3.8) is 0 Å². The lowest BCUT2D eigenvalue weighted by molar-refractivity contribution is -0.120. The van der Waals surface area contributed by atoms with Gasteiger partial charge < -0.3 is 10.1 Å². The Morgan fingerprint density at radius 1 is 1.13 bits per heavy atom. The molecule has 8 heteroatoms. The predicted octanol–water partition coefficient (Wildman–Crippen LogP) is 3.33. The maximum Gasteiger partial charge on any atom is 0.243 e. The molecule has 1 amide bonds. The number of nitrogens with one attached hydrogen (secondary N) is 1. The molecule has 31 heavy (non-hydrogen) atoms. The van der Waals surface area contributed by atoms with E-state index in [9.17, 15) is 13.2 Å². The lowest BCUT2D eigenvalue weighted by atomic mass is 10.1. The number of methoxy groups -OCH3 is 1. The molecule has 1 atom stereocenters. The Balaban J connectivity index is 1.60. The van der Waals surface area contributed by atoms with Crippen LogP contribution < -0.4 is 10.1 Å². The highest BCUT2D eigenvalue weighted by Crippen LogP contribution is 2.22. The SMILES string of the molecule is COc1cccc(CN(C)C(C)C(=O)Nc2ccc(S(=O)(=O)N3CCCCC3)cc2)c1. The number of anilines is 1. The molecule has 1 fully saturated rings. The second-order valence-corrected chi connectivity index (χ2v) is 9.86. The lowest BCUT2D eigenvalue weighted by Crippen LogP contribution is -2.39. The summed E-state index contributed by atoms with van der Waals surface area (Å²) in [7, 11) is 0.0386. The molecule has 1 aliphatic rings. The second kappa shape index (κ2) is 10.3. The molecule has 1 N–H and O–H groups in total. The van der Waals surface area contributed by atoms with Crippen LogP contribution in [0.4, 0.5) is 5.69 Å². The van der Waals surface area contributed by atoms with Gasteiger partial charge in [0.25, 0.3) is 0 Å². The number of ether oxygens (including phenoxy) is 1. The molecule has 168 valence electrons. The topological polar surface area (TPSA) is 79.0 Å². The van der Waals surface area contributed by atoms with Gasteiger partial charge in [-0.15, -0.1) is 0 Å². The van der Waals surface area contributed by atoms with E-state index in [0.29, 0.717) is 25.3 Å². The number of amides is 1. The predicted molar refractivity (Wildman–Crippen MR) is 122 cm³/mol. The van der Waals surface area contributed by atoms with E-state index in [4.69, 9.17) is 4.74 Å². The van der Waals surface area contributed by atoms with Crippen LogP contribution >= 0.6 is 0 Å². The molecule has 7 nitrogen and oxygen atoms in total. The van der Waals surface area contributed by atoms with E-state index in [2.05, 4.69) is 5.32 Å². The Morgan fingerprint density at radius 2 is 1.81 bits per heavy atom. The van der Waals surface area contributed by atoms with Crippen LogP contribution in [0.15, 0.2) is 53.4 Å². The first-order valence-corrected chi connectivity index (χ1v) is 12.0. The highest BCUT2D eigenvalue weighted by atomic mass is 32.2. The summed E-state index contributed by atoms with van der Waals surface area (Å²) in [5.74, 6) is 0.625. The molecule has 2 aromatic carbocycles. The molecule has 0 saturated carbocycles. The van der Waals surface area contributed by atoms with E-state index in [1.165, 1.54) is 0 Å². The number of nitrogens with zero attached hydrogens (tertiary/aromatic N) is 2. The summed E-state index contributed by atoms with van der Waals surface area (Å²) in [4.78, 5) is 14.9. The third-order valence-electron chi connectivity index (χ3n) is 5.68. The maximum absolute atomic E-state index is 12.8. The fourth-order valence-corrected chi connectivity index (χ4v) is 5.12. The van der Waals surface area contributed by atoms with Gasteiger partial charge >= 0.3 is 0 Å². The molecular formula is C23H31N3O4S. The van der Waals surface area contributed by atoms with Crippen LogP contribution in [0.5, 0.6) is 5.75 Å². The van der Waals surface area contributed by atoms with Gasteiger partial charge in [0.05, 0.1) is 18.0 Å². The van der Waals surface area contributed by atoms with Crippen molar-refractivity contribution < 1.29 is 17.9 Å². The fraction of sp³-hybridized carbons (Fsp3) is 0.435. The van der Waals surface area contributed by atoms with Crippen LogP contribution in [-0.2, 0) is 21.4 Å². The minimum Gasteiger partial charge on any atom is -0.497 e. The molecular weight excluding hydrogens is 414 g/mol. The number of hydrogen-bond acceptors (Lipinski definition) is 5. The highest BCUT2D eigenvalue weighted by molar-refractivity contribution is 7.89. The van der Waals surface area contributed by atoms with Crippen molar-refractivity contribution in [2.24, 2.45) is 0 Å². The van der Waals surface area contributed by atoms with E-state index in [1.54, 1.807) is 35.7 Å². The number of likely N-dealkylation sites (N-methyl/N-ethyl adjacent to an activating group) is 1. The number of carbonyl (C=O) groups is 1. The third kappa shape index (κ3) is 5.84. The number of hydrogen-bond donors (Lipinski definition) is 1. The minimum atomic E-state index is -3.48. The highest BCUT2D eigenvalue weighted by Gasteiger charge is 2.26. The maximum atomic E-state index is 12.8. The van der Waals surface area contributed by atoms with E-state index in [0.717, 1.165) is 30.6 Å². The largest absolute Gasteiger partial charge is 0.497 e. The van der Waals surface area contributed by atoms with Crippen molar-refractivity contribution in [2.45, 2.75) is 43.7 Å². The smallest absolute Gasteiger partial charge is 0.243 e. The number of rotatable bonds is 8. The van der Waals surface area contributed by atoms with Gasteiger partial charge in [-0.3, -0.25) is 9.69 Å². The van der Waals surface area contributed by atoms with Crippen LogP contribution in [0.1, 0.15) is 31.7 Å². The van der Waals surface area contributed by atoms with Gasteiger partial charge in [-0.1, -0.05) is 18.6 Å². The first-order chi connectivity index (χ1) is 14.8. The average Bonchev–Trinajstić information content (AvgIpc) is 2.79. The third-order valence-corrected chi connectivity index (χ3v) is 7.59. The zero-order valence-electron chi connectivity index (χ0n) is 18.4. The molecule has 2 aromatic rings. The quantitative estimate of drug-likeness (QED) is 0.674. The van der Waals surface area contributed by atoms with Gasteiger partial charge in [-0.2, -0.15) is 4.31 Å². The molecule has 0 bridgehead atoms. The van der Waals surface area contributed by atoms with Crippen molar-refractivity contribution in [3.05, 3.63) is 54.1 Å². The van der Waals surface area contributed by atoms with Gasteiger partial charge in [-0.25, -0.2) is 8.42 Å². The standard InChI is InChI=1S/C23H31N3O4S/c1-18(25(2)17-19-8-7-9-21(16-19)30-3)23(27)24-20-10-12-22(13-11-20)31(28,29)26-14-5-4-6-15-26/h7-13,16,18H,4-6,14-15,17H2,1-3H3,(H,24,27). The minimum absolute atomic E-state index is 0.156. The van der Waals surface area contributed by atoms with E-state index < -0.39 is 10.0 Å². The van der Waals surface area contributed by atoms with Crippen LogP contribution in [-0.4, -0.2) is 56.8 Å². The zero-order chi connectivity index (χ0) is 22.4. The van der Waals surface area contributed by atoms with Gasteiger partial charge in [0.2, 0.25) is 15.9 Å². The number of benzene rings is 2. The number of carbonyl (C=O) groups excluding carboxylic acids is 1. The van der Waals surface area contributed by atoms with Crippen molar-refractivity contribution in [2.75, 3.05) is 32.6 Å². The summed E-state index contributed by atoms with van der Waals surface area (Å²) < 4.78 is 32.3. The summed E-state index contributed by atoms with van der Waals surface area (Å²) in [6.07, 6.45) is 2.87. The first-order valence-electron chi connectivity index (χ1n) is 10.6. The second-order valence-electron chi connectivity index (χ2n) is 7.92. The lowest BCUT2D eigenvalue weighted by Gasteiger charge is -2.26. The van der Waals surface area contributed by atoms with Crippen LogP contribution in [0.3, 0.4) is 0 Å². The van der Waals surface area contributed by atoms with Crippen LogP contribution in [0.25, 0.3) is 0 Å². The van der Waals surface area contributed by atoms with Crippen molar-refractivity contribution in [1.29, 1.82) is 0 Å². The Bertz CT molecular complexity index is 986. The van der Waals surface area contributed by atoms with Gasteiger partial charge in [-0.05, 0) is 68.8 Å². The van der Waals surface area contributed by atoms with E-state index in [-0.39, 0.29) is 16.8 Å². The van der Waals surface area contributed by atoms with Crippen molar-refractivity contribution >= 4 is 21.6 Å². The summed E-state index contributed by atoms with van der Waals surface area (Å²) in [5, 5.41) is 2.88. The Morgan fingerprint density at radius 3 is 2.45 bits per heavy atom. The molecule has 0 aliphatic carbocycles. The molecule has 0 aromatic heterocycles. The zero-order valence-corrected chi connectivity index (χ0v) is 19.2. The molecule has 3 rings (SSSR count).